The lowest BCUT2D eigenvalue weighted by molar-refractivity contribution is -0.117. The Balaban J connectivity index is 2.03. The molecule has 0 atom stereocenters. The maximum Gasteiger partial charge on any atom is 0.141 e. The van der Waals surface area contributed by atoms with Crippen LogP contribution in [0.15, 0.2) is 46.9 Å². The molecule has 0 aromatic heterocycles. The maximum atomic E-state index is 13.1. The summed E-state index contributed by atoms with van der Waals surface area (Å²) in [6, 6.07) is 11.9. The van der Waals surface area contributed by atoms with E-state index in [9.17, 15) is 9.18 Å². The molecule has 19 heavy (non-hydrogen) atoms. The van der Waals surface area contributed by atoms with Gasteiger partial charge in [0.05, 0.1) is 4.47 Å². The Morgan fingerprint density at radius 3 is 2.42 bits per heavy atom. The van der Waals surface area contributed by atoms with Gasteiger partial charge < -0.3 is 5.73 Å². The van der Waals surface area contributed by atoms with Crippen LogP contribution in [-0.4, -0.2) is 5.78 Å². The molecule has 98 valence electrons. The number of ketones is 1. The zero-order valence-electron chi connectivity index (χ0n) is 10.2. The van der Waals surface area contributed by atoms with Gasteiger partial charge in [-0.15, -0.1) is 0 Å². The van der Waals surface area contributed by atoms with E-state index in [-0.39, 0.29) is 18.0 Å². The summed E-state index contributed by atoms with van der Waals surface area (Å²) in [5, 5.41) is 0. The second-order valence-electron chi connectivity index (χ2n) is 4.39. The van der Waals surface area contributed by atoms with Gasteiger partial charge >= 0.3 is 0 Å². The van der Waals surface area contributed by atoms with Gasteiger partial charge in [0, 0.05) is 18.5 Å². The molecule has 2 nitrogen and oxygen atoms in total. The Labute approximate surface area is 119 Å². The molecule has 0 saturated carbocycles. The van der Waals surface area contributed by atoms with E-state index in [0.717, 1.165) is 11.1 Å². The number of benzene rings is 2. The summed E-state index contributed by atoms with van der Waals surface area (Å²) >= 11 is 3.11. The van der Waals surface area contributed by atoms with Crippen LogP contribution in [0.4, 0.5) is 10.1 Å². The first-order valence-corrected chi connectivity index (χ1v) is 6.64. The molecule has 0 unspecified atom stereocenters. The number of carbonyl (C=O) groups is 1. The molecule has 0 amide bonds. The smallest absolute Gasteiger partial charge is 0.141 e. The molecule has 0 saturated heterocycles. The third-order valence-corrected chi connectivity index (χ3v) is 3.35. The highest BCUT2D eigenvalue weighted by Gasteiger charge is 2.07. The Morgan fingerprint density at radius 2 is 1.79 bits per heavy atom. The van der Waals surface area contributed by atoms with Crippen LogP contribution in [0.1, 0.15) is 11.1 Å². The summed E-state index contributed by atoms with van der Waals surface area (Å²) in [5.74, 6) is -0.254. The molecule has 0 spiro atoms. The largest absolute Gasteiger partial charge is 0.399 e. The second-order valence-corrected chi connectivity index (χ2v) is 5.24. The number of hydrogen-bond acceptors (Lipinski definition) is 2. The topological polar surface area (TPSA) is 43.1 Å². The van der Waals surface area contributed by atoms with Crippen molar-refractivity contribution in [2.75, 3.05) is 5.73 Å². The number of nitrogens with two attached hydrogens (primary N) is 1. The van der Waals surface area contributed by atoms with Gasteiger partial charge in [-0.05, 0) is 51.3 Å². The average molecular weight is 322 g/mol. The molecule has 0 bridgehead atoms. The van der Waals surface area contributed by atoms with Gasteiger partial charge in [0.2, 0.25) is 0 Å². The molecule has 2 N–H and O–H groups in total. The standard InChI is InChI=1S/C15H13BrFNO/c16-14-9-11(4-5-15(14)17)8-13(19)7-10-2-1-3-12(18)6-10/h1-6,9H,7-8,18H2. The van der Waals surface area contributed by atoms with Crippen molar-refractivity contribution in [3.05, 3.63) is 63.9 Å². The van der Waals surface area contributed by atoms with E-state index >= 15 is 0 Å². The van der Waals surface area contributed by atoms with Crippen molar-refractivity contribution in [2.24, 2.45) is 0 Å². The van der Waals surface area contributed by atoms with E-state index in [1.54, 1.807) is 24.3 Å². The van der Waals surface area contributed by atoms with E-state index in [0.29, 0.717) is 16.6 Å². The highest BCUT2D eigenvalue weighted by atomic mass is 79.9. The fourth-order valence-electron chi connectivity index (χ4n) is 1.87. The van der Waals surface area contributed by atoms with Crippen LogP contribution in [0.2, 0.25) is 0 Å². The lowest BCUT2D eigenvalue weighted by Crippen LogP contribution is -2.07. The fourth-order valence-corrected chi connectivity index (χ4v) is 2.30. The second kappa shape index (κ2) is 5.97. The molecule has 4 heteroatoms. The Bertz CT molecular complexity index is 613. The number of anilines is 1. The first-order valence-electron chi connectivity index (χ1n) is 5.84. The summed E-state index contributed by atoms with van der Waals surface area (Å²) in [7, 11) is 0. The zero-order chi connectivity index (χ0) is 13.8. The lowest BCUT2D eigenvalue weighted by Gasteiger charge is -2.04. The summed E-state index contributed by atoms with van der Waals surface area (Å²) < 4.78 is 13.5. The minimum Gasteiger partial charge on any atom is -0.399 e. The average Bonchev–Trinajstić information content (AvgIpc) is 2.34. The van der Waals surface area contributed by atoms with Crippen molar-refractivity contribution in [2.45, 2.75) is 12.8 Å². The van der Waals surface area contributed by atoms with Crippen LogP contribution < -0.4 is 5.73 Å². The zero-order valence-corrected chi connectivity index (χ0v) is 11.8. The van der Waals surface area contributed by atoms with Crippen molar-refractivity contribution in [1.82, 2.24) is 0 Å². The third-order valence-electron chi connectivity index (χ3n) is 2.74. The van der Waals surface area contributed by atoms with Gasteiger partial charge in [0.1, 0.15) is 11.6 Å². The summed E-state index contributed by atoms with van der Waals surface area (Å²) in [4.78, 5) is 11.9. The highest BCUT2D eigenvalue weighted by molar-refractivity contribution is 9.10. The molecule has 0 aliphatic heterocycles. The predicted molar refractivity (Wildman–Crippen MR) is 77.4 cm³/mol. The van der Waals surface area contributed by atoms with Crippen LogP contribution in [0.3, 0.4) is 0 Å². The van der Waals surface area contributed by atoms with Crippen LogP contribution in [0.25, 0.3) is 0 Å². The molecule has 0 radical (unpaired) electrons. The Hall–Kier alpha value is -1.68. The number of carbonyl (C=O) groups excluding carboxylic acids is 1. The van der Waals surface area contributed by atoms with Crippen LogP contribution in [0, 0.1) is 5.82 Å². The van der Waals surface area contributed by atoms with Gasteiger partial charge in [0.25, 0.3) is 0 Å². The Kier molecular flexibility index (Phi) is 4.32. The molecule has 2 rings (SSSR count). The summed E-state index contributed by atoms with van der Waals surface area (Å²) in [6.45, 7) is 0. The predicted octanol–water partition coefficient (Wildman–Crippen LogP) is 3.52. The normalized spacial score (nSPS) is 10.4. The number of nitrogen functional groups attached to an aromatic ring is 1. The van der Waals surface area contributed by atoms with E-state index in [2.05, 4.69) is 15.9 Å². The molecular formula is C15H13BrFNO. The molecule has 2 aromatic rings. The quantitative estimate of drug-likeness (QED) is 0.875. The maximum absolute atomic E-state index is 13.1. The molecule has 0 aliphatic rings. The van der Waals surface area contributed by atoms with Gasteiger partial charge in [-0.2, -0.15) is 0 Å². The molecule has 0 fully saturated rings. The van der Waals surface area contributed by atoms with Crippen molar-refractivity contribution in [3.63, 3.8) is 0 Å². The highest BCUT2D eigenvalue weighted by Crippen LogP contribution is 2.18. The van der Waals surface area contributed by atoms with Gasteiger partial charge in [-0.25, -0.2) is 4.39 Å². The number of Topliss-reactive ketones (excluding diaryl/α,β-unsaturated/α-hetero) is 1. The van der Waals surface area contributed by atoms with Crippen molar-refractivity contribution >= 4 is 27.4 Å². The summed E-state index contributed by atoms with van der Waals surface area (Å²) in [6.07, 6.45) is 0.619. The summed E-state index contributed by atoms with van der Waals surface area (Å²) in [5.41, 5.74) is 8.00. The number of rotatable bonds is 4. The first-order chi connectivity index (χ1) is 9.04. The molecular weight excluding hydrogens is 309 g/mol. The lowest BCUT2D eigenvalue weighted by atomic mass is 10.0. The van der Waals surface area contributed by atoms with Crippen LogP contribution in [-0.2, 0) is 17.6 Å². The van der Waals surface area contributed by atoms with Crippen molar-refractivity contribution < 1.29 is 9.18 Å². The van der Waals surface area contributed by atoms with E-state index in [4.69, 9.17) is 5.73 Å². The number of hydrogen-bond donors (Lipinski definition) is 1. The molecule has 2 aromatic carbocycles. The minimum absolute atomic E-state index is 0.0732. The van der Waals surface area contributed by atoms with Crippen LogP contribution >= 0.6 is 15.9 Å². The van der Waals surface area contributed by atoms with E-state index in [1.165, 1.54) is 6.07 Å². The minimum atomic E-state index is -0.327. The van der Waals surface area contributed by atoms with Gasteiger partial charge in [-0.1, -0.05) is 18.2 Å². The SMILES string of the molecule is Nc1cccc(CC(=O)Cc2ccc(F)c(Br)c2)c1. The number of halogens is 2. The first kappa shape index (κ1) is 13.7. The van der Waals surface area contributed by atoms with Crippen LogP contribution in [0.5, 0.6) is 0 Å². The van der Waals surface area contributed by atoms with Gasteiger partial charge in [0.15, 0.2) is 0 Å². The molecule has 0 aliphatic carbocycles. The molecule has 0 heterocycles. The van der Waals surface area contributed by atoms with Crippen molar-refractivity contribution in [3.8, 4) is 0 Å². The monoisotopic (exact) mass is 321 g/mol. The Morgan fingerprint density at radius 1 is 1.11 bits per heavy atom. The fraction of sp³-hybridized carbons (Fsp3) is 0.133. The third kappa shape index (κ3) is 3.89. The van der Waals surface area contributed by atoms with E-state index in [1.807, 2.05) is 12.1 Å². The van der Waals surface area contributed by atoms with E-state index < -0.39 is 0 Å². The van der Waals surface area contributed by atoms with Gasteiger partial charge in [-0.3, -0.25) is 4.79 Å². The van der Waals surface area contributed by atoms with Crippen molar-refractivity contribution in [1.29, 1.82) is 0 Å².